The van der Waals surface area contributed by atoms with Gasteiger partial charge in [0.1, 0.15) is 5.75 Å². The minimum Gasteiger partial charge on any atom is -0.496 e. The van der Waals surface area contributed by atoms with Crippen molar-refractivity contribution in [2.75, 3.05) is 7.11 Å². The molecule has 19 heavy (non-hydrogen) atoms. The van der Waals surface area contributed by atoms with Crippen LogP contribution in [0.3, 0.4) is 0 Å². The van der Waals surface area contributed by atoms with E-state index in [1.807, 2.05) is 0 Å². The molecule has 1 atom stereocenters. The number of ether oxygens (including phenoxy) is 1. The minimum absolute atomic E-state index is 0.224. The molecule has 0 heterocycles. The van der Waals surface area contributed by atoms with Crippen LogP contribution in [0.4, 0.5) is 0 Å². The molecule has 4 nitrogen and oxygen atoms in total. The van der Waals surface area contributed by atoms with Gasteiger partial charge >= 0.3 is 5.97 Å². The van der Waals surface area contributed by atoms with Gasteiger partial charge in [0.2, 0.25) is 0 Å². The lowest BCUT2D eigenvalue weighted by Gasteiger charge is -2.11. The number of carboxylic acid groups (broad SMARTS) is 1. The average molecular weight is 263 g/mol. The fourth-order valence-corrected chi connectivity index (χ4v) is 2.71. The Morgan fingerprint density at radius 2 is 2.05 bits per heavy atom. The van der Waals surface area contributed by atoms with Crippen molar-refractivity contribution in [3.05, 3.63) is 28.8 Å². The molecule has 1 aliphatic rings. The van der Waals surface area contributed by atoms with Gasteiger partial charge in [-0.15, -0.1) is 0 Å². The maximum atomic E-state index is 10.5. The molecular weight excluding hydrogens is 242 g/mol. The normalized spacial score (nSPS) is 17.3. The third-order valence-corrected chi connectivity index (χ3v) is 3.65. The van der Waals surface area contributed by atoms with Crippen LogP contribution >= 0.6 is 0 Å². The topological polar surface area (TPSA) is 72.5 Å². The summed E-state index contributed by atoms with van der Waals surface area (Å²) in [5.41, 5.74) is 9.75. The van der Waals surface area contributed by atoms with Gasteiger partial charge in [0.05, 0.1) is 7.11 Å². The largest absolute Gasteiger partial charge is 0.496 e. The summed E-state index contributed by atoms with van der Waals surface area (Å²) in [5, 5.41) is 8.63. The molecule has 0 amide bonds. The lowest BCUT2D eigenvalue weighted by molar-refractivity contribution is -0.137. The molecule has 4 heteroatoms. The Morgan fingerprint density at radius 1 is 1.37 bits per heavy atom. The molecule has 3 N–H and O–H groups in total. The Hall–Kier alpha value is -1.55. The van der Waals surface area contributed by atoms with Gasteiger partial charge in [-0.2, -0.15) is 0 Å². The van der Waals surface area contributed by atoms with Gasteiger partial charge in [-0.05, 0) is 54.9 Å². The van der Waals surface area contributed by atoms with Gasteiger partial charge in [-0.1, -0.05) is 6.07 Å². The Balaban J connectivity index is 2.03. The van der Waals surface area contributed by atoms with Crippen LogP contribution in [-0.4, -0.2) is 24.2 Å². The van der Waals surface area contributed by atoms with Gasteiger partial charge in [0.25, 0.3) is 0 Å². The van der Waals surface area contributed by atoms with Gasteiger partial charge in [0, 0.05) is 12.5 Å². The number of rotatable bonds is 6. The second-order valence-corrected chi connectivity index (χ2v) is 5.20. The second-order valence-electron chi connectivity index (χ2n) is 5.20. The van der Waals surface area contributed by atoms with E-state index in [2.05, 4.69) is 12.1 Å². The van der Waals surface area contributed by atoms with Crippen molar-refractivity contribution in [1.29, 1.82) is 0 Å². The van der Waals surface area contributed by atoms with Crippen LogP contribution in [0.15, 0.2) is 12.1 Å². The van der Waals surface area contributed by atoms with Crippen molar-refractivity contribution in [3.8, 4) is 5.75 Å². The molecule has 0 spiro atoms. The number of hydrogen-bond acceptors (Lipinski definition) is 3. The minimum atomic E-state index is -0.730. The summed E-state index contributed by atoms with van der Waals surface area (Å²) in [4.78, 5) is 10.5. The SMILES string of the molecule is COc1cc2c(cc1CCCCC(=O)O)CC(N)C2. The van der Waals surface area contributed by atoms with E-state index in [1.165, 1.54) is 16.7 Å². The molecule has 0 saturated heterocycles. The van der Waals surface area contributed by atoms with Crippen molar-refractivity contribution in [2.24, 2.45) is 5.73 Å². The van der Waals surface area contributed by atoms with Crippen LogP contribution in [0.5, 0.6) is 5.75 Å². The third-order valence-electron chi connectivity index (χ3n) is 3.65. The van der Waals surface area contributed by atoms with Crippen LogP contribution in [0, 0.1) is 0 Å². The van der Waals surface area contributed by atoms with E-state index in [0.29, 0.717) is 6.42 Å². The molecule has 0 saturated carbocycles. The zero-order valence-electron chi connectivity index (χ0n) is 11.3. The number of carbonyl (C=O) groups is 1. The maximum Gasteiger partial charge on any atom is 0.303 e. The van der Waals surface area contributed by atoms with Crippen LogP contribution < -0.4 is 10.5 Å². The molecule has 0 radical (unpaired) electrons. The number of fused-ring (bicyclic) bond motifs is 1. The summed E-state index contributed by atoms with van der Waals surface area (Å²) in [5.74, 6) is 0.176. The number of unbranched alkanes of at least 4 members (excludes halogenated alkanes) is 1. The highest BCUT2D eigenvalue weighted by Crippen LogP contribution is 2.30. The van der Waals surface area contributed by atoms with E-state index < -0.39 is 5.97 Å². The van der Waals surface area contributed by atoms with E-state index in [1.54, 1.807) is 7.11 Å². The monoisotopic (exact) mass is 263 g/mol. The van der Waals surface area contributed by atoms with Crippen LogP contribution in [0.25, 0.3) is 0 Å². The first-order valence-electron chi connectivity index (χ1n) is 6.76. The van der Waals surface area contributed by atoms with Crippen molar-refractivity contribution >= 4 is 5.97 Å². The molecule has 1 unspecified atom stereocenters. The molecule has 2 rings (SSSR count). The fraction of sp³-hybridized carbons (Fsp3) is 0.533. The highest BCUT2D eigenvalue weighted by Gasteiger charge is 2.20. The first-order valence-corrected chi connectivity index (χ1v) is 6.76. The Morgan fingerprint density at radius 3 is 2.68 bits per heavy atom. The smallest absolute Gasteiger partial charge is 0.303 e. The highest BCUT2D eigenvalue weighted by molar-refractivity contribution is 5.66. The third kappa shape index (κ3) is 3.47. The van der Waals surface area contributed by atoms with E-state index in [-0.39, 0.29) is 12.5 Å². The lowest BCUT2D eigenvalue weighted by Crippen LogP contribution is -2.18. The summed E-state index contributed by atoms with van der Waals surface area (Å²) in [6.45, 7) is 0. The van der Waals surface area contributed by atoms with Gasteiger partial charge in [0.15, 0.2) is 0 Å². The summed E-state index contributed by atoms with van der Waals surface area (Å²) in [7, 11) is 1.68. The zero-order chi connectivity index (χ0) is 13.8. The molecule has 104 valence electrons. The summed E-state index contributed by atoms with van der Waals surface area (Å²) in [6.07, 6.45) is 4.52. The number of methoxy groups -OCH3 is 1. The van der Waals surface area contributed by atoms with Crippen LogP contribution in [0.2, 0.25) is 0 Å². The first-order chi connectivity index (χ1) is 9.10. The standard InChI is InChI=1S/C15H21NO3/c1-19-14-9-12-8-13(16)7-11(12)6-10(14)4-2-3-5-15(17)18/h6,9,13H,2-5,7-8,16H2,1H3,(H,17,18). The second kappa shape index (κ2) is 6.06. The van der Waals surface area contributed by atoms with Crippen molar-refractivity contribution in [1.82, 2.24) is 0 Å². The predicted molar refractivity (Wildman–Crippen MR) is 73.6 cm³/mol. The van der Waals surface area contributed by atoms with Crippen LogP contribution in [0.1, 0.15) is 36.0 Å². The molecule has 1 aromatic carbocycles. The number of carboxylic acids is 1. The molecular formula is C15H21NO3. The molecule has 1 aliphatic carbocycles. The van der Waals surface area contributed by atoms with Gasteiger partial charge < -0.3 is 15.6 Å². The van der Waals surface area contributed by atoms with E-state index in [0.717, 1.165) is 31.4 Å². The summed E-state index contributed by atoms with van der Waals surface area (Å²) >= 11 is 0. The van der Waals surface area contributed by atoms with Gasteiger partial charge in [-0.25, -0.2) is 0 Å². The van der Waals surface area contributed by atoms with Crippen molar-refractivity contribution < 1.29 is 14.6 Å². The van der Waals surface area contributed by atoms with Crippen molar-refractivity contribution in [3.63, 3.8) is 0 Å². The van der Waals surface area contributed by atoms with E-state index in [9.17, 15) is 4.79 Å². The number of nitrogens with two attached hydrogens (primary N) is 1. The van der Waals surface area contributed by atoms with Crippen LogP contribution in [-0.2, 0) is 24.1 Å². The fourth-order valence-electron chi connectivity index (χ4n) is 2.71. The first kappa shape index (κ1) is 13.9. The average Bonchev–Trinajstić information content (AvgIpc) is 2.72. The molecule has 1 aromatic rings. The van der Waals surface area contributed by atoms with E-state index in [4.69, 9.17) is 15.6 Å². The Bertz CT molecular complexity index is 471. The number of benzene rings is 1. The molecule has 0 aliphatic heterocycles. The van der Waals surface area contributed by atoms with E-state index >= 15 is 0 Å². The highest BCUT2D eigenvalue weighted by atomic mass is 16.5. The predicted octanol–water partition coefficient (Wildman–Crippen LogP) is 1.92. The maximum absolute atomic E-state index is 10.5. The number of hydrogen-bond donors (Lipinski definition) is 2. The Labute approximate surface area is 113 Å². The van der Waals surface area contributed by atoms with Crippen molar-refractivity contribution in [2.45, 2.75) is 44.6 Å². The number of aryl methyl sites for hydroxylation is 1. The zero-order valence-corrected chi connectivity index (χ0v) is 11.3. The van der Waals surface area contributed by atoms with Gasteiger partial charge in [-0.3, -0.25) is 4.79 Å². The lowest BCUT2D eigenvalue weighted by atomic mass is 10.0. The summed E-state index contributed by atoms with van der Waals surface area (Å²) in [6, 6.07) is 4.50. The molecule has 0 aromatic heterocycles. The summed E-state index contributed by atoms with van der Waals surface area (Å²) < 4.78 is 5.43. The number of aliphatic carboxylic acids is 1. The molecule has 0 bridgehead atoms. The quantitative estimate of drug-likeness (QED) is 0.769. The Kier molecular flexibility index (Phi) is 4.43. The molecule has 0 fully saturated rings.